The van der Waals surface area contributed by atoms with Gasteiger partial charge in [-0.1, -0.05) is 60.7 Å². The minimum absolute atomic E-state index is 0.215. The number of hydrogen-bond acceptors (Lipinski definition) is 8. The number of benzene rings is 2. The molecule has 0 unspecified atom stereocenters. The van der Waals surface area contributed by atoms with Crippen LogP contribution < -0.4 is 10.6 Å². The molecule has 2 saturated carbocycles. The van der Waals surface area contributed by atoms with Crippen molar-refractivity contribution in [2.24, 2.45) is 0 Å². The van der Waals surface area contributed by atoms with Gasteiger partial charge >= 0.3 is 0 Å². The minimum atomic E-state index is 0.215. The Hall–Kier alpha value is -4.80. The van der Waals surface area contributed by atoms with E-state index in [9.17, 15) is 0 Å². The molecule has 44 heavy (non-hydrogen) atoms. The second-order valence-corrected chi connectivity index (χ2v) is 11.5. The van der Waals surface area contributed by atoms with Gasteiger partial charge in [-0.25, -0.2) is 19.9 Å². The Morgan fingerprint density at radius 3 is 1.39 bits per heavy atom. The van der Waals surface area contributed by atoms with Crippen molar-refractivity contribution in [2.75, 3.05) is 10.6 Å². The molecule has 2 aliphatic carbocycles. The van der Waals surface area contributed by atoms with Crippen LogP contribution >= 0.6 is 23.2 Å². The molecule has 0 saturated heterocycles. The van der Waals surface area contributed by atoms with Crippen molar-refractivity contribution in [3.63, 3.8) is 0 Å². The third-order valence-corrected chi connectivity index (χ3v) is 8.16. The van der Waals surface area contributed by atoms with Crippen LogP contribution in [0, 0.1) is 0 Å². The zero-order chi connectivity index (χ0) is 29.9. The van der Waals surface area contributed by atoms with Crippen LogP contribution in [-0.4, -0.2) is 40.3 Å². The molecular formula is C32H28Cl2N10. The number of rotatable bonds is 8. The van der Waals surface area contributed by atoms with Crippen LogP contribution in [-0.2, 0) is 0 Å². The van der Waals surface area contributed by atoms with Gasteiger partial charge in [0, 0.05) is 47.8 Å². The molecule has 0 spiro atoms. The first kappa shape index (κ1) is 28.0. The maximum absolute atomic E-state index is 5.77. The number of aromatic nitrogens is 8. The normalized spacial score (nSPS) is 19.9. The molecule has 0 radical (unpaired) electrons. The molecule has 6 aromatic rings. The second kappa shape index (κ2) is 12.4. The van der Waals surface area contributed by atoms with Gasteiger partial charge in [0.05, 0.1) is 0 Å². The molecule has 4 heterocycles. The monoisotopic (exact) mass is 622 g/mol. The van der Waals surface area contributed by atoms with Gasteiger partial charge < -0.3 is 10.6 Å². The highest BCUT2D eigenvalue weighted by Gasteiger charge is 2.41. The van der Waals surface area contributed by atoms with Gasteiger partial charge in [-0.2, -0.15) is 10.2 Å². The summed E-state index contributed by atoms with van der Waals surface area (Å²) in [6, 6.07) is 28.7. The lowest BCUT2D eigenvalue weighted by Crippen LogP contribution is -1.94. The Bertz CT molecular complexity index is 1710. The van der Waals surface area contributed by atoms with Crippen molar-refractivity contribution in [2.45, 2.75) is 36.5 Å². The average Bonchev–Trinajstić information content (AvgIpc) is 3.93. The molecule has 2 fully saturated rings. The van der Waals surface area contributed by atoms with E-state index in [2.05, 4.69) is 99.5 Å². The van der Waals surface area contributed by atoms with Gasteiger partial charge in [0.2, 0.25) is 10.6 Å². The molecule has 0 amide bonds. The predicted octanol–water partition coefficient (Wildman–Crippen LogP) is 7.74. The molecule has 4 aromatic heterocycles. The number of anilines is 4. The van der Waals surface area contributed by atoms with E-state index in [1.54, 1.807) is 24.5 Å². The fraction of sp³-hybridized carbons (Fsp3) is 0.188. The minimum Gasteiger partial charge on any atom is -0.323 e. The van der Waals surface area contributed by atoms with Gasteiger partial charge in [0.25, 0.3) is 0 Å². The molecule has 0 bridgehead atoms. The lowest BCUT2D eigenvalue weighted by Gasteiger charge is -2.00. The van der Waals surface area contributed by atoms with E-state index < -0.39 is 0 Å². The average molecular weight is 624 g/mol. The number of hydrogen-bond donors (Lipinski definition) is 4. The van der Waals surface area contributed by atoms with Crippen molar-refractivity contribution in [1.29, 1.82) is 0 Å². The van der Waals surface area contributed by atoms with Crippen LogP contribution in [0.4, 0.5) is 23.3 Å². The van der Waals surface area contributed by atoms with Crippen LogP contribution in [0.25, 0.3) is 0 Å². The molecule has 0 aliphatic heterocycles. The van der Waals surface area contributed by atoms with E-state index in [1.165, 1.54) is 11.1 Å². The predicted molar refractivity (Wildman–Crippen MR) is 171 cm³/mol. The van der Waals surface area contributed by atoms with E-state index in [-0.39, 0.29) is 10.6 Å². The Kier molecular flexibility index (Phi) is 7.91. The SMILES string of the molecule is Clc1nccc(Nc2cc([C@@H]3C[C@H]3c3ccccc3)[nH]n2)n1.Clc1nccc(Nc2cc([C@H]3C[C@@H]3c3ccccc3)[nH]n2)n1. The topological polar surface area (TPSA) is 133 Å². The highest BCUT2D eigenvalue weighted by Crippen LogP contribution is 2.55. The third kappa shape index (κ3) is 6.72. The van der Waals surface area contributed by atoms with Crippen molar-refractivity contribution in [3.8, 4) is 0 Å². The number of nitrogens with zero attached hydrogens (tertiary/aromatic N) is 6. The van der Waals surface area contributed by atoms with E-state index in [4.69, 9.17) is 23.2 Å². The lowest BCUT2D eigenvalue weighted by molar-refractivity contribution is 0.933. The first-order valence-electron chi connectivity index (χ1n) is 14.3. The highest BCUT2D eigenvalue weighted by atomic mass is 35.5. The Morgan fingerprint density at radius 2 is 0.977 bits per heavy atom. The van der Waals surface area contributed by atoms with E-state index in [0.717, 1.165) is 35.9 Å². The van der Waals surface area contributed by atoms with Gasteiger partial charge in [-0.3, -0.25) is 10.2 Å². The Morgan fingerprint density at radius 1 is 0.545 bits per heavy atom. The lowest BCUT2D eigenvalue weighted by atomic mass is 10.1. The maximum atomic E-state index is 5.77. The summed E-state index contributed by atoms with van der Waals surface area (Å²) >= 11 is 11.5. The molecule has 2 aliphatic rings. The molecule has 12 heteroatoms. The van der Waals surface area contributed by atoms with Crippen molar-refractivity contribution < 1.29 is 0 Å². The van der Waals surface area contributed by atoms with Crippen molar-refractivity contribution in [3.05, 3.63) is 130 Å². The molecule has 4 atom stereocenters. The Labute approximate surface area is 263 Å². The zero-order valence-electron chi connectivity index (χ0n) is 23.4. The van der Waals surface area contributed by atoms with Crippen LogP contribution in [0.1, 0.15) is 59.0 Å². The van der Waals surface area contributed by atoms with E-state index in [1.807, 2.05) is 24.3 Å². The number of H-pyrrole nitrogens is 2. The molecule has 220 valence electrons. The zero-order valence-corrected chi connectivity index (χ0v) is 24.9. The molecule has 8 rings (SSSR count). The molecule has 2 aromatic carbocycles. The molecule has 4 N–H and O–H groups in total. The fourth-order valence-corrected chi connectivity index (χ4v) is 5.76. The summed E-state index contributed by atoms with van der Waals surface area (Å²) in [5.74, 6) is 4.94. The Balaban J connectivity index is 0.000000142. The van der Waals surface area contributed by atoms with Gasteiger partial charge in [-0.15, -0.1) is 0 Å². The van der Waals surface area contributed by atoms with Gasteiger partial charge in [0.1, 0.15) is 11.6 Å². The van der Waals surface area contributed by atoms with Crippen LogP contribution in [0.15, 0.2) is 97.3 Å². The first-order valence-corrected chi connectivity index (χ1v) is 15.1. The van der Waals surface area contributed by atoms with Crippen LogP contribution in [0.3, 0.4) is 0 Å². The number of halogens is 2. The third-order valence-electron chi connectivity index (χ3n) is 7.80. The fourth-order valence-electron chi connectivity index (χ4n) is 5.47. The summed E-state index contributed by atoms with van der Waals surface area (Å²) in [5, 5.41) is 21.5. The summed E-state index contributed by atoms with van der Waals surface area (Å²) in [6.45, 7) is 0. The molecule has 10 nitrogen and oxygen atoms in total. The van der Waals surface area contributed by atoms with E-state index in [0.29, 0.717) is 35.3 Å². The van der Waals surface area contributed by atoms with Crippen molar-refractivity contribution >= 4 is 46.5 Å². The number of aromatic amines is 2. The number of nitrogens with one attached hydrogen (secondary N) is 4. The summed E-state index contributed by atoms with van der Waals surface area (Å²) in [7, 11) is 0. The quantitative estimate of drug-likeness (QED) is 0.127. The van der Waals surface area contributed by atoms with E-state index >= 15 is 0 Å². The highest BCUT2D eigenvalue weighted by molar-refractivity contribution is 6.28. The van der Waals surface area contributed by atoms with Gasteiger partial charge in [-0.05, 0) is 71.1 Å². The van der Waals surface area contributed by atoms with Crippen LogP contribution in [0.5, 0.6) is 0 Å². The van der Waals surface area contributed by atoms with Crippen molar-refractivity contribution in [1.82, 2.24) is 40.3 Å². The first-order chi connectivity index (χ1) is 21.6. The molecular weight excluding hydrogens is 595 g/mol. The van der Waals surface area contributed by atoms with Crippen LogP contribution in [0.2, 0.25) is 10.6 Å². The summed E-state index contributed by atoms with van der Waals surface area (Å²) in [6.07, 6.45) is 5.53. The summed E-state index contributed by atoms with van der Waals surface area (Å²) in [5.41, 5.74) is 5.08. The van der Waals surface area contributed by atoms with Gasteiger partial charge in [0.15, 0.2) is 11.6 Å². The smallest absolute Gasteiger partial charge is 0.224 e. The second-order valence-electron chi connectivity index (χ2n) is 10.8. The maximum Gasteiger partial charge on any atom is 0.224 e. The summed E-state index contributed by atoms with van der Waals surface area (Å²) in [4.78, 5) is 15.9. The largest absolute Gasteiger partial charge is 0.323 e. The summed E-state index contributed by atoms with van der Waals surface area (Å²) < 4.78 is 0. The standard InChI is InChI=1S/2C16H14ClN5/c2*17-16-18-7-6-14(20-16)19-15-9-13(21-22-15)12-8-11(12)10-4-2-1-3-5-10/h2*1-7,9,11-12H,8H2,(H2,18,19,20,21,22)/t2*11-,12+/m10/s1.